The Labute approximate surface area is 138 Å². The Morgan fingerprint density at radius 1 is 1.33 bits per heavy atom. The van der Waals surface area contributed by atoms with Crippen LogP contribution in [0.25, 0.3) is 0 Å². The van der Waals surface area contributed by atoms with Crippen molar-refractivity contribution in [2.24, 2.45) is 0 Å². The molecule has 2 rings (SSSR count). The monoisotopic (exact) mass is 366 g/mol. The average molecular weight is 368 g/mol. The third-order valence-electron chi connectivity index (χ3n) is 3.38. The molecule has 0 N–H and O–H groups in total. The molecule has 0 aliphatic heterocycles. The predicted molar refractivity (Wildman–Crippen MR) is 88.6 cm³/mol. The SMILES string of the molecule is CC(Cc1ccc(Cl)cc1)N(C)C(=O)c1cncc(Br)c1. The third kappa shape index (κ3) is 4.29. The highest BCUT2D eigenvalue weighted by Gasteiger charge is 2.18. The van der Waals surface area contributed by atoms with Gasteiger partial charge in [0.15, 0.2) is 0 Å². The van der Waals surface area contributed by atoms with E-state index in [4.69, 9.17) is 11.6 Å². The van der Waals surface area contributed by atoms with Crippen LogP contribution in [-0.2, 0) is 6.42 Å². The van der Waals surface area contributed by atoms with Crippen molar-refractivity contribution in [1.29, 1.82) is 0 Å². The zero-order valence-corrected chi connectivity index (χ0v) is 14.2. The van der Waals surface area contributed by atoms with Crippen LogP contribution in [0.3, 0.4) is 0 Å². The summed E-state index contributed by atoms with van der Waals surface area (Å²) in [4.78, 5) is 18.2. The zero-order chi connectivity index (χ0) is 15.4. The predicted octanol–water partition coefficient (Wildman–Crippen LogP) is 4.20. The minimum absolute atomic E-state index is 0.0368. The van der Waals surface area contributed by atoms with Crippen LogP contribution in [0.2, 0.25) is 5.02 Å². The largest absolute Gasteiger partial charge is 0.339 e. The number of pyridine rings is 1. The first-order chi connectivity index (χ1) is 9.97. The number of amides is 1. The fourth-order valence-electron chi connectivity index (χ4n) is 2.03. The van der Waals surface area contributed by atoms with E-state index in [0.29, 0.717) is 5.56 Å². The molecule has 5 heteroatoms. The molecule has 0 spiro atoms. The van der Waals surface area contributed by atoms with E-state index in [0.717, 1.165) is 21.5 Å². The summed E-state index contributed by atoms with van der Waals surface area (Å²) in [6, 6.07) is 9.56. The lowest BCUT2D eigenvalue weighted by Crippen LogP contribution is -2.36. The van der Waals surface area contributed by atoms with Crippen molar-refractivity contribution >= 4 is 33.4 Å². The number of aromatic nitrogens is 1. The molecule has 3 nitrogen and oxygen atoms in total. The standard InChI is InChI=1S/C16H16BrClN2O/c1-11(7-12-3-5-15(18)6-4-12)20(2)16(21)13-8-14(17)10-19-9-13/h3-6,8-11H,7H2,1-2H3. The summed E-state index contributed by atoms with van der Waals surface area (Å²) >= 11 is 9.21. The maximum atomic E-state index is 12.4. The summed E-state index contributed by atoms with van der Waals surface area (Å²) < 4.78 is 0.798. The first-order valence-electron chi connectivity index (χ1n) is 6.59. The van der Waals surface area contributed by atoms with Crippen molar-refractivity contribution in [3.63, 3.8) is 0 Å². The van der Waals surface area contributed by atoms with Crippen molar-refractivity contribution < 1.29 is 4.79 Å². The van der Waals surface area contributed by atoms with Gasteiger partial charge in [0.05, 0.1) is 5.56 Å². The van der Waals surface area contributed by atoms with Gasteiger partial charge < -0.3 is 4.90 Å². The molecule has 1 aromatic heterocycles. The molecule has 0 aliphatic rings. The number of halogens is 2. The first-order valence-corrected chi connectivity index (χ1v) is 7.76. The van der Waals surface area contributed by atoms with Gasteiger partial charge in [-0.05, 0) is 53.0 Å². The summed E-state index contributed by atoms with van der Waals surface area (Å²) in [6.07, 6.45) is 4.02. The summed E-state index contributed by atoms with van der Waals surface area (Å²) in [5.41, 5.74) is 1.73. The lowest BCUT2D eigenvalue weighted by Gasteiger charge is -2.25. The number of likely N-dealkylation sites (N-methyl/N-ethyl adjacent to an activating group) is 1. The fraction of sp³-hybridized carbons (Fsp3) is 0.250. The van der Waals surface area contributed by atoms with Crippen LogP contribution < -0.4 is 0 Å². The van der Waals surface area contributed by atoms with E-state index >= 15 is 0 Å². The van der Waals surface area contributed by atoms with Gasteiger partial charge in [-0.3, -0.25) is 9.78 Å². The first kappa shape index (κ1) is 16.0. The molecule has 1 heterocycles. The molecule has 0 radical (unpaired) electrons. The van der Waals surface area contributed by atoms with Gasteiger partial charge >= 0.3 is 0 Å². The summed E-state index contributed by atoms with van der Waals surface area (Å²) in [6.45, 7) is 2.03. The molecule has 1 amide bonds. The van der Waals surface area contributed by atoms with Gasteiger partial charge in [-0.25, -0.2) is 0 Å². The van der Waals surface area contributed by atoms with Crippen LogP contribution >= 0.6 is 27.5 Å². The van der Waals surface area contributed by atoms with Gasteiger partial charge in [0.1, 0.15) is 0 Å². The zero-order valence-electron chi connectivity index (χ0n) is 11.9. The Kier molecular flexibility index (Phi) is 5.37. The Bertz CT molecular complexity index is 630. The number of hydrogen-bond acceptors (Lipinski definition) is 2. The highest BCUT2D eigenvalue weighted by atomic mass is 79.9. The number of nitrogens with zero attached hydrogens (tertiary/aromatic N) is 2. The lowest BCUT2D eigenvalue weighted by molar-refractivity contribution is 0.0743. The van der Waals surface area contributed by atoms with E-state index in [1.807, 2.05) is 38.2 Å². The number of benzene rings is 1. The van der Waals surface area contributed by atoms with Crippen LogP contribution in [-0.4, -0.2) is 28.9 Å². The smallest absolute Gasteiger partial charge is 0.255 e. The Hall–Kier alpha value is -1.39. The maximum Gasteiger partial charge on any atom is 0.255 e. The molecule has 21 heavy (non-hydrogen) atoms. The highest BCUT2D eigenvalue weighted by Crippen LogP contribution is 2.15. The summed E-state index contributed by atoms with van der Waals surface area (Å²) in [5, 5.41) is 0.719. The summed E-state index contributed by atoms with van der Waals surface area (Å²) in [7, 11) is 1.81. The van der Waals surface area contributed by atoms with E-state index in [9.17, 15) is 4.79 Å². The molecule has 0 fully saturated rings. The van der Waals surface area contributed by atoms with Crippen LogP contribution in [0.5, 0.6) is 0 Å². The van der Waals surface area contributed by atoms with Crippen molar-refractivity contribution in [2.45, 2.75) is 19.4 Å². The summed E-state index contributed by atoms with van der Waals surface area (Å²) in [5.74, 6) is -0.0368. The van der Waals surface area contributed by atoms with Gasteiger partial charge in [0.2, 0.25) is 0 Å². The van der Waals surface area contributed by atoms with E-state index in [2.05, 4.69) is 20.9 Å². The molecule has 1 unspecified atom stereocenters. The quantitative estimate of drug-likeness (QED) is 0.811. The Morgan fingerprint density at radius 2 is 2.00 bits per heavy atom. The Morgan fingerprint density at radius 3 is 2.62 bits per heavy atom. The van der Waals surface area contributed by atoms with E-state index in [1.165, 1.54) is 0 Å². The van der Waals surface area contributed by atoms with E-state index in [-0.39, 0.29) is 11.9 Å². The number of carbonyl (C=O) groups is 1. The molecule has 2 aromatic rings. The van der Waals surface area contributed by atoms with Gasteiger partial charge in [-0.15, -0.1) is 0 Å². The number of rotatable bonds is 4. The average Bonchev–Trinajstić information content (AvgIpc) is 2.48. The third-order valence-corrected chi connectivity index (χ3v) is 4.06. The van der Waals surface area contributed by atoms with Crippen molar-refractivity contribution in [1.82, 2.24) is 9.88 Å². The molecule has 1 atom stereocenters. The van der Waals surface area contributed by atoms with Gasteiger partial charge in [-0.1, -0.05) is 23.7 Å². The Balaban J connectivity index is 2.06. The molecule has 0 saturated heterocycles. The minimum atomic E-state index is -0.0368. The second-order valence-electron chi connectivity index (χ2n) is 4.99. The topological polar surface area (TPSA) is 33.2 Å². The number of hydrogen-bond donors (Lipinski definition) is 0. The van der Waals surface area contributed by atoms with E-state index < -0.39 is 0 Å². The van der Waals surface area contributed by atoms with Crippen LogP contribution in [0.4, 0.5) is 0 Å². The van der Waals surface area contributed by atoms with Crippen LogP contribution in [0.15, 0.2) is 47.2 Å². The van der Waals surface area contributed by atoms with E-state index in [1.54, 1.807) is 23.4 Å². The normalized spacial score (nSPS) is 12.0. The van der Waals surface area contributed by atoms with Gasteiger partial charge in [0, 0.05) is 35.0 Å². The van der Waals surface area contributed by atoms with Crippen LogP contribution in [0, 0.1) is 0 Å². The van der Waals surface area contributed by atoms with Gasteiger partial charge in [-0.2, -0.15) is 0 Å². The fourth-order valence-corrected chi connectivity index (χ4v) is 2.52. The molecule has 0 aliphatic carbocycles. The second-order valence-corrected chi connectivity index (χ2v) is 6.34. The number of carbonyl (C=O) groups excluding carboxylic acids is 1. The minimum Gasteiger partial charge on any atom is -0.339 e. The molecule has 110 valence electrons. The molecule has 0 saturated carbocycles. The van der Waals surface area contributed by atoms with Crippen LogP contribution in [0.1, 0.15) is 22.8 Å². The maximum absolute atomic E-state index is 12.4. The molecule has 1 aromatic carbocycles. The van der Waals surface area contributed by atoms with Gasteiger partial charge in [0.25, 0.3) is 5.91 Å². The molecule has 0 bridgehead atoms. The highest BCUT2D eigenvalue weighted by molar-refractivity contribution is 9.10. The lowest BCUT2D eigenvalue weighted by atomic mass is 10.1. The second kappa shape index (κ2) is 7.05. The van der Waals surface area contributed by atoms with Crippen molar-refractivity contribution in [3.8, 4) is 0 Å². The molecular formula is C16H16BrClN2O. The molecular weight excluding hydrogens is 352 g/mol. The van der Waals surface area contributed by atoms with Crippen molar-refractivity contribution in [2.75, 3.05) is 7.05 Å². The van der Waals surface area contributed by atoms with Crippen molar-refractivity contribution in [3.05, 3.63) is 63.3 Å².